The molecular weight excluding hydrogens is 255 g/mol. The van der Waals surface area contributed by atoms with E-state index in [1.165, 1.54) is 37.1 Å². The maximum atomic E-state index is 12.9. The monoisotopic (exact) mass is 274 g/mol. The molecule has 0 aromatic heterocycles. The predicted molar refractivity (Wildman–Crippen MR) is 76.5 cm³/mol. The molecule has 1 N–H and O–H groups in total. The first kappa shape index (κ1) is 13.3. The zero-order chi connectivity index (χ0) is 14.1. The highest BCUT2D eigenvalue weighted by Crippen LogP contribution is 2.33. The van der Waals surface area contributed by atoms with E-state index in [1.807, 2.05) is 0 Å². The average molecular weight is 274 g/mol. The number of hydrogen-bond acceptors (Lipinski definition) is 3. The van der Waals surface area contributed by atoms with Gasteiger partial charge >= 0.3 is 0 Å². The summed E-state index contributed by atoms with van der Waals surface area (Å²) in [6.07, 6.45) is 3.86. The number of benzene rings is 1. The smallest absolute Gasteiger partial charge is 0.170 e. The van der Waals surface area contributed by atoms with E-state index < -0.39 is 0 Å². The van der Waals surface area contributed by atoms with Crippen molar-refractivity contribution in [2.45, 2.75) is 44.7 Å². The van der Waals surface area contributed by atoms with Gasteiger partial charge in [0.15, 0.2) is 5.78 Å². The van der Waals surface area contributed by atoms with Crippen LogP contribution in [0, 0.1) is 11.7 Å². The molecular formula is C16H19FN2O. The van der Waals surface area contributed by atoms with E-state index in [9.17, 15) is 9.18 Å². The van der Waals surface area contributed by atoms with Crippen LogP contribution in [0.25, 0.3) is 0 Å². The van der Waals surface area contributed by atoms with Crippen LogP contribution in [0.4, 0.5) is 4.39 Å². The van der Waals surface area contributed by atoms with E-state index in [1.54, 1.807) is 0 Å². The first-order chi connectivity index (χ1) is 9.63. The van der Waals surface area contributed by atoms with Crippen LogP contribution >= 0.6 is 0 Å². The molecule has 2 aliphatic rings. The molecule has 0 bridgehead atoms. The summed E-state index contributed by atoms with van der Waals surface area (Å²) >= 11 is 0. The Kier molecular flexibility index (Phi) is 3.55. The standard InChI is InChI=1S/C16H19FN2O/c1-10-13-3-2-4-14(13)19-16(18-10)9-15(20)11-5-7-12(17)8-6-11/h5-8,10,13-14H,2-4,9H2,1H3,(H,18,19). The topological polar surface area (TPSA) is 41.5 Å². The molecule has 3 nitrogen and oxygen atoms in total. The molecule has 1 heterocycles. The Morgan fingerprint density at radius 2 is 2.10 bits per heavy atom. The van der Waals surface area contributed by atoms with Crippen molar-refractivity contribution in [1.82, 2.24) is 5.32 Å². The first-order valence-corrected chi connectivity index (χ1v) is 7.25. The summed E-state index contributed by atoms with van der Waals surface area (Å²) in [5.74, 6) is 1.06. The number of carbonyl (C=O) groups excluding carboxylic acids is 1. The highest BCUT2D eigenvalue weighted by molar-refractivity contribution is 6.09. The van der Waals surface area contributed by atoms with Gasteiger partial charge in [-0.05, 0) is 44.0 Å². The maximum Gasteiger partial charge on any atom is 0.170 e. The Hall–Kier alpha value is -1.71. The number of rotatable bonds is 3. The van der Waals surface area contributed by atoms with Crippen molar-refractivity contribution in [1.29, 1.82) is 0 Å². The van der Waals surface area contributed by atoms with Crippen LogP contribution in [0.3, 0.4) is 0 Å². The second-order valence-corrected chi connectivity index (χ2v) is 5.78. The van der Waals surface area contributed by atoms with Crippen molar-refractivity contribution in [3.05, 3.63) is 35.6 Å². The highest BCUT2D eigenvalue weighted by Gasteiger charge is 2.35. The minimum absolute atomic E-state index is 0.0140. The molecule has 3 unspecified atom stereocenters. The van der Waals surface area contributed by atoms with Crippen LogP contribution in [0.15, 0.2) is 29.3 Å². The SMILES string of the molecule is CC1NC(CC(=O)c2ccc(F)cc2)=NC2CCCC21. The fourth-order valence-corrected chi connectivity index (χ4v) is 3.31. The number of fused-ring (bicyclic) bond motifs is 1. The summed E-state index contributed by atoms with van der Waals surface area (Å²) in [4.78, 5) is 16.9. The lowest BCUT2D eigenvalue weighted by atomic mass is 9.93. The van der Waals surface area contributed by atoms with Gasteiger partial charge in [-0.1, -0.05) is 6.42 Å². The second-order valence-electron chi connectivity index (χ2n) is 5.78. The molecule has 0 radical (unpaired) electrons. The molecule has 106 valence electrons. The lowest BCUT2D eigenvalue weighted by molar-refractivity contribution is 0.0999. The van der Waals surface area contributed by atoms with Crippen LogP contribution in [0.5, 0.6) is 0 Å². The molecule has 1 aliphatic heterocycles. The van der Waals surface area contributed by atoms with E-state index in [2.05, 4.69) is 17.2 Å². The highest BCUT2D eigenvalue weighted by atomic mass is 19.1. The summed E-state index contributed by atoms with van der Waals surface area (Å²) in [6.45, 7) is 2.17. The summed E-state index contributed by atoms with van der Waals surface area (Å²) in [7, 11) is 0. The van der Waals surface area contributed by atoms with Crippen LogP contribution in [0.2, 0.25) is 0 Å². The summed E-state index contributed by atoms with van der Waals surface area (Å²) in [5.41, 5.74) is 0.539. The number of Topliss-reactive ketones (excluding diaryl/α,β-unsaturated/α-hetero) is 1. The summed E-state index contributed by atoms with van der Waals surface area (Å²) in [6, 6.07) is 6.46. The third kappa shape index (κ3) is 2.60. The minimum atomic E-state index is -0.322. The molecule has 1 saturated carbocycles. The van der Waals surface area contributed by atoms with Crippen LogP contribution in [-0.2, 0) is 0 Å². The molecule has 1 fully saturated rings. The largest absolute Gasteiger partial charge is 0.371 e. The number of hydrogen-bond donors (Lipinski definition) is 1. The number of ketones is 1. The van der Waals surface area contributed by atoms with E-state index in [0.29, 0.717) is 23.6 Å². The van der Waals surface area contributed by atoms with Gasteiger partial charge in [0.2, 0.25) is 0 Å². The maximum absolute atomic E-state index is 12.9. The van der Waals surface area contributed by atoms with E-state index in [0.717, 1.165) is 12.3 Å². The van der Waals surface area contributed by atoms with E-state index >= 15 is 0 Å². The Bertz CT molecular complexity index is 538. The van der Waals surface area contributed by atoms with Crippen molar-refractivity contribution < 1.29 is 9.18 Å². The Morgan fingerprint density at radius 1 is 1.35 bits per heavy atom. The zero-order valence-electron chi connectivity index (χ0n) is 11.6. The molecule has 3 atom stereocenters. The van der Waals surface area contributed by atoms with E-state index in [4.69, 9.17) is 0 Å². The van der Waals surface area contributed by atoms with Gasteiger partial charge in [-0.3, -0.25) is 9.79 Å². The quantitative estimate of drug-likeness (QED) is 0.861. The number of amidine groups is 1. The summed E-state index contributed by atoms with van der Waals surface area (Å²) in [5, 5.41) is 3.35. The predicted octanol–water partition coefficient (Wildman–Crippen LogP) is 2.96. The fraction of sp³-hybridized carbons (Fsp3) is 0.500. The number of nitrogens with zero attached hydrogens (tertiary/aromatic N) is 1. The number of halogens is 1. The van der Waals surface area contributed by atoms with Gasteiger partial charge in [0.1, 0.15) is 11.7 Å². The van der Waals surface area contributed by atoms with Crippen molar-refractivity contribution in [3.63, 3.8) is 0 Å². The van der Waals surface area contributed by atoms with Crippen molar-refractivity contribution >= 4 is 11.6 Å². The number of aliphatic imine (C=N–C) groups is 1. The molecule has 0 amide bonds. The third-order valence-corrected chi connectivity index (χ3v) is 4.38. The Labute approximate surface area is 118 Å². The molecule has 0 spiro atoms. The van der Waals surface area contributed by atoms with Crippen LogP contribution in [0.1, 0.15) is 43.0 Å². The molecule has 4 heteroatoms. The molecule has 20 heavy (non-hydrogen) atoms. The number of nitrogens with one attached hydrogen (secondary N) is 1. The Morgan fingerprint density at radius 3 is 2.85 bits per heavy atom. The van der Waals surface area contributed by atoms with Crippen molar-refractivity contribution in [3.8, 4) is 0 Å². The molecule has 0 saturated heterocycles. The second kappa shape index (κ2) is 5.35. The van der Waals surface area contributed by atoms with Gasteiger partial charge in [0, 0.05) is 17.5 Å². The van der Waals surface area contributed by atoms with Crippen molar-refractivity contribution in [2.75, 3.05) is 0 Å². The summed E-state index contributed by atoms with van der Waals surface area (Å²) < 4.78 is 12.9. The van der Waals surface area contributed by atoms with Gasteiger partial charge in [0.05, 0.1) is 12.5 Å². The Balaban J connectivity index is 1.71. The van der Waals surface area contributed by atoms with Gasteiger partial charge < -0.3 is 5.32 Å². The number of carbonyl (C=O) groups is 1. The minimum Gasteiger partial charge on any atom is -0.371 e. The van der Waals surface area contributed by atoms with Gasteiger partial charge in [-0.25, -0.2) is 4.39 Å². The fourth-order valence-electron chi connectivity index (χ4n) is 3.31. The molecule has 3 rings (SSSR count). The van der Waals surface area contributed by atoms with Crippen LogP contribution < -0.4 is 5.32 Å². The van der Waals surface area contributed by atoms with Crippen LogP contribution in [-0.4, -0.2) is 23.7 Å². The van der Waals surface area contributed by atoms with E-state index in [-0.39, 0.29) is 18.0 Å². The zero-order valence-corrected chi connectivity index (χ0v) is 11.6. The molecule has 1 aromatic carbocycles. The van der Waals surface area contributed by atoms with Gasteiger partial charge in [-0.15, -0.1) is 0 Å². The lowest BCUT2D eigenvalue weighted by Gasteiger charge is -2.31. The van der Waals surface area contributed by atoms with Gasteiger partial charge in [0.25, 0.3) is 0 Å². The lowest BCUT2D eigenvalue weighted by Crippen LogP contribution is -2.46. The first-order valence-electron chi connectivity index (χ1n) is 7.25. The molecule has 1 aromatic rings. The molecule has 1 aliphatic carbocycles. The van der Waals surface area contributed by atoms with Crippen molar-refractivity contribution in [2.24, 2.45) is 10.9 Å². The normalized spacial score (nSPS) is 28.5. The average Bonchev–Trinajstić information content (AvgIpc) is 2.88. The van der Waals surface area contributed by atoms with Gasteiger partial charge in [-0.2, -0.15) is 0 Å². The third-order valence-electron chi connectivity index (χ3n) is 4.38.